The highest BCUT2D eigenvalue weighted by atomic mass is 32.3. The first-order valence-electron chi connectivity index (χ1n) is 4.92. The van der Waals surface area contributed by atoms with Crippen molar-refractivity contribution in [2.75, 3.05) is 37.7 Å². The number of hydrogen-bond acceptors (Lipinski definition) is 5. The number of rotatable bonds is 2. The minimum Gasteiger partial charge on any atom is -0.615 e. The summed E-state index contributed by atoms with van der Waals surface area (Å²) in [7, 11) is 0. The Kier molecular flexibility index (Phi) is 4.78. The van der Waals surface area contributed by atoms with Gasteiger partial charge in [-0.15, -0.1) is 23.5 Å². The van der Waals surface area contributed by atoms with E-state index in [0.717, 1.165) is 37.7 Å². The summed E-state index contributed by atoms with van der Waals surface area (Å²) in [6, 6.07) is 0. The molecule has 0 aromatic carbocycles. The molecule has 2 atom stereocenters. The Bertz CT molecular complexity index is 154. The molecule has 0 aliphatic carbocycles. The average molecular weight is 252 g/mol. The molecule has 0 radical (unpaired) electrons. The largest absolute Gasteiger partial charge is 0.615 e. The highest BCUT2D eigenvalue weighted by molar-refractivity contribution is 8.20. The highest BCUT2D eigenvalue weighted by Gasteiger charge is 2.33. The molecule has 14 heavy (non-hydrogen) atoms. The summed E-state index contributed by atoms with van der Waals surface area (Å²) in [5.41, 5.74) is 0. The van der Waals surface area contributed by atoms with Crippen molar-refractivity contribution in [1.82, 2.24) is 10.6 Å². The van der Waals surface area contributed by atoms with Crippen LogP contribution in [0.2, 0.25) is 0 Å². The first-order valence-corrected chi connectivity index (χ1v) is 8.29. The monoisotopic (exact) mass is 252 g/mol. The predicted molar refractivity (Wildman–Crippen MR) is 66.4 cm³/mol. The number of nitrogens with one attached hydrogen (secondary N) is 2. The molecule has 2 aliphatic rings. The Hall–Kier alpha value is 0.930. The van der Waals surface area contributed by atoms with Crippen LogP contribution in [0.25, 0.3) is 0 Å². The van der Waals surface area contributed by atoms with Crippen LogP contribution in [0.1, 0.15) is 0 Å². The topological polar surface area (TPSA) is 47.1 Å². The van der Waals surface area contributed by atoms with Crippen LogP contribution in [0.5, 0.6) is 0 Å². The van der Waals surface area contributed by atoms with E-state index >= 15 is 0 Å². The SMILES string of the molecule is [O-][S+](C1CNCCS1)C1CNCCS1. The van der Waals surface area contributed by atoms with Crippen molar-refractivity contribution in [3.8, 4) is 0 Å². The molecule has 6 heteroatoms. The lowest BCUT2D eigenvalue weighted by Gasteiger charge is -2.32. The average Bonchev–Trinajstić information content (AvgIpc) is 2.30. The van der Waals surface area contributed by atoms with Crippen molar-refractivity contribution in [3.05, 3.63) is 0 Å². The van der Waals surface area contributed by atoms with Gasteiger partial charge < -0.3 is 15.2 Å². The predicted octanol–water partition coefficient (Wildman–Crippen LogP) is 0.0601. The van der Waals surface area contributed by atoms with Crippen LogP contribution >= 0.6 is 23.5 Å². The van der Waals surface area contributed by atoms with Crippen LogP contribution in [-0.4, -0.2) is 51.4 Å². The molecule has 2 saturated heterocycles. The zero-order valence-electron chi connectivity index (χ0n) is 8.03. The smallest absolute Gasteiger partial charge is 0.174 e. The van der Waals surface area contributed by atoms with Gasteiger partial charge in [-0.2, -0.15) is 0 Å². The van der Waals surface area contributed by atoms with Crippen LogP contribution in [0.4, 0.5) is 0 Å². The second-order valence-electron chi connectivity index (χ2n) is 3.34. The molecule has 2 unspecified atom stereocenters. The minimum atomic E-state index is -0.692. The van der Waals surface area contributed by atoms with E-state index in [1.807, 2.05) is 23.5 Å². The molecular formula is C8H16N2OS3. The van der Waals surface area contributed by atoms with E-state index in [1.54, 1.807) is 0 Å². The summed E-state index contributed by atoms with van der Waals surface area (Å²) < 4.78 is 12.8. The van der Waals surface area contributed by atoms with Crippen molar-refractivity contribution in [3.63, 3.8) is 0 Å². The standard InChI is InChI=1S/C8H16N2OS3/c11-14(7-5-9-1-3-12-7)8-6-10-2-4-13-8/h7-10H,1-6H2. The zero-order valence-corrected chi connectivity index (χ0v) is 10.5. The van der Waals surface area contributed by atoms with Gasteiger partial charge in [0.1, 0.15) is 0 Å². The Labute approximate surface area is 96.7 Å². The first-order chi connectivity index (χ1) is 6.88. The molecule has 0 spiro atoms. The molecule has 0 bridgehead atoms. The van der Waals surface area contributed by atoms with Crippen LogP contribution < -0.4 is 10.6 Å². The normalized spacial score (nSPS) is 36.6. The molecule has 2 N–H and O–H groups in total. The Balaban J connectivity index is 1.82. The molecule has 0 saturated carbocycles. The summed E-state index contributed by atoms with van der Waals surface area (Å²) in [5.74, 6) is 2.20. The molecule has 3 nitrogen and oxygen atoms in total. The van der Waals surface area contributed by atoms with Crippen LogP contribution in [0.15, 0.2) is 0 Å². The maximum Gasteiger partial charge on any atom is 0.174 e. The molecule has 0 aromatic heterocycles. The molecule has 0 aromatic rings. The fourth-order valence-corrected chi connectivity index (χ4v) is 6.64. The van der Waals surface area contributed by atoms with E-state index in [-0.39, 0.29) is 0 Å². The third-order valence-corrected chi connectivity index (χ3v) is 7.59. The molecule has 2 rings (SSSR count). The van der Waals surface area contributed by atoms with Crippen molar-refractivity contribution in [2.24, 2.45) is 0 Å². The van der Waals surface area contributed by atoms with Gasteiger partial charge in [0.15, 0.2) is 9.16 Å². The van der Waals surface area contributed by atoms with Gasteiger partial charge in [-0.25, -0.2) is 0 Å². The van der Waals surface area contributed by atoms with E-state index in [1.165, 1.54) is 0 Å². The summed E-state index contributed by atoms with van der Waals surface area (Å²) in [6.45, 7) is 3.95. The zero-order chi connectivity index (χ0) is 9.80. The molecule has 2 aliphatic heterocycles. The second-order valence-corrected chi connectivity index (χ2v) is 8.35. The van der Waals surface area contributed by atoms with Gasteiger partial charge in [0.2, 0.25) is 0 Å². The lowest BCUT2D eigenvalue weighted by Crippen LogP contribution is -2.45. The molecule has 82 valence electrons. The van der Waals surface area contributed by atoms with Gasteiger partial charge in [-0.05, 0) is 11.2 Å². The Morgan fingerprint density at radius 1 is 1.00 bits per heavy atom. The fourth-order valence-electron chi connectivity index (χ4n) is 1.55. The Morgan fingerprint density at radius 3 is 1.86 bits per heavy atom. The van der Waals surface area contributed by atoms with E-state index in [9.17, 15) is 4.55 Å². The quantitative estimate of drug-likeness (QED) is 0.681. The van der Waals surface area contributed by atoms with Gasteiger partial charge in [-0.1, -0.05) is 0 Å². The summed E-state index contributed by atoms with van der Waals surface area (Å²) in [5, 5.41) is 6.62. The van der Waals surface area contributed by atoms with Gasteiger partial charge in [0.25, 0.3) is 0 Å². The molecule has 0 amide bonds. The van der Waals surface area contributed by atoms with Gasteiger partial charge in [-0.3, -0.25) is 0 Å². The third-order valence-electron chi connectivity index (χ3n) is 2.31. The van der Waals surface area contributed by atoms with E-state index in [0.29, 0.717) is 9.16 Å². The van der Waals surface area contributed by atoms with Crippen LogP contribution in [-0.2, 0) is 11.2 Å². The summed E-state index contributed by atoms with van der Waals surface area (Å²) >= 11 is 3.03. The summed E-state index contributed by atoms with van der Waals surface area (Å²) in [4.78, 5) is 0. The summed E-state index contributed by atoms with van der Waals surface area (Å²) in [6.07, 6.45) is 0. The lowest BCUT2D eigenvalue weighted by atomic mass is 10.6. The van der Waals surface area contributed by atoms with Crippen LogP contribution in [0, 0.1) is 0 Å². The van der Waals surface area contributed by atoms with Crippen molar-refractivity contribution >= 4 is 34.7 Å². The number of thioether (sulfide) groups is 2. The Morgan fingerprint density at radius 2 is 1.50 bits per heavy atom. The van der Waals surface area contributed by atoms with E-state index < -0.39 is 11.2 Å². The van der Waals surface area contributed by atoms with Gasteiger partial charge in [0.05, 0.1) is 13.1 Å². The molecular weight excluding hydrogens is 236 g/mol. The lowest BCUT2D eigenvalue weighted by molar-refractivity contribution is 0.576. The molecule has 2 fully saturated rings. The highest BCUT2D eigenvalue weighted by Crippen LogP contribution is 2.29. The maximum atomic E-state index is 12.1. The van der Waals surface area contributed by atoms with E-state index in [4.69, 9.17) is 0 Å². The third kappa shape index (κ3) is 2.96. The molecule has 2 heterocycles. The van der Waals surface area contributed by atoms with Crippen molar-refractivity contribution < 1.29 is 4.55 Å². The minimum absolute atomic E-state index is 0.307. The second kappa shape index (κ2) is 5.86. The first kappa shape index (κ1) is 11.4. The van der Waals surface area contributed by atoms with Crippen molar-refractivity contribution in [1.29, 1.82) is 0 Å². The van der Waals surface area contributed by atoms with Crippen LogP contribution in [0.3, 0.4) is 0 Å². The van der Waals surface area contributed by atoms with Crippen molar-refractivity contribution in [2.45, 2.75) is 9.16 Å². The van der Waals surface area contributed by atoms with Gasteiger partial charge >= 0.3 is 0 Å². The fraction of sp³-hybridized carbons (Fsp3) is 1.00. The van der Waals surface area contributed by atoms with Gasteiger partial charge in [0, 0.05) is 24.6 Å². The number of hydrogen-bond donors (Lipinski definition) is 2. The van der Waals surface area contributed by atoms with E-state index in [2.05, 4.69) is 10.6 Å². The maximum absolute atomic E-state index is 12.1.